The number of carboxylic acids is 1. The fraction of sp³-hybridized carbons (Fsp3) is 0.100. The van der Waals surface area contributed by atoms with Crippen LogP contribution in [0, 0.1) is 0 Å². The van der Waals surface area contributed by atoms with Crippen molar-refractivity contribution >= 4 is 17.8 Å². The number of rotatable bonds is 2. The fourth-order valence-electron chi connectivity index (χ4n) is 1.50. The van der Waals surface area contributed by atoms with Crippen LogP contribution in [0.4, 0.5) is 13.2 Å². The van der Waals surface area contributed by atoms with E-state index < -0.39 is 17.8 Å². The second-order valence-corrected chi connectivity index (χ2v) is 3.42. The summed E-state index contributed by atoms with van der Waals surface area (Å²) >= 11 is 0. The quantitative estimate of drug-likeness (QED) is 0.834. The summed E-state index contributed by atoms with van der Waals surface area (Å²) in [5.74, 6) is -1.40. The van der Waals surface area contributed by atoms with E-state index in [0.717, 1.165) is 12.1 Å². The molecule has 0 aliphatic heterocycles. The minimum atomic E-state index is -4.71. The third kappa shape index (κ3) is 1.81. The van der Waals surface area contributed by atoms with Gasteiger partial charge in [-0.1, -0.05) is 0 Å². The first-order valence-corrected chi connectivity index (χ1v) is 4.63. The predicted molar refractivity (Wildman–Crippen MR) is 52.5 cm³/mol. The summed E-state index contributed by atoms with van der Waals surface area (Å²) in [5, 5.41) is 12.0. The largest absolute Gasteiger partial charge is 0.478 e. The molecule has 0 aliphatic rings. The van der Waals surface area contributed by atoms with Crippen LogP contribution in [0.5, 0.6) is 0 Å². The van der Waals surface area contributed by atoms with Gasteiger partial charge in [-0.3, -0.25) is 4.79 Å². The van der Waals surface area contributed by atoms with Crippen LogP contribution in [0.25, 0.3) is 5.52 Å². The van der Waals surface area contributed by atoms with E-state index in [1.54, 1.807) is 0 Å². The summed E-state index contributed by atoms with van der Waals surface area (Å²) in [6.45, 7) is 0. The van der Waals surface area contributed by atoms with Gasteiger partial charge < -0.3 is 5.11 Å². The number of alkyl halides is 3. The molecule has 2 aromatic rings. The number of halogens is 3. The summed E-state index contributed by atoms with van der Waals surface area (Å²) in [4.78, 5) is 21.5. The maximum absolute atomic E-state index is 12.5. The maximum Gasteiger partial charge on any atom is 0.435 e. The van der Waals surface area contributed by atoms with Crippen LogP contribution in [0.3, 0.4) is 0 Å². The highest BCUT2D eigenvalue weighted by molar-refractivity contribution is 5.96. The number of aromatic nitrogens is 2. The molecule has 0 atom stereocenters. The molecule has 0 spiro atoms. The Morgan fingerprint density at radius 2 is 2.06 bits per heavy atom. The Kier molecular flexibility index (Phi) is 2.57. The zero-order chi connectivity index (χ0) is 13.5. The number of carbonyl (C=O) groups is 2. The Labute approximate surface area is 97.4 Å². The Morgan fingerprint density at radius 1 is 1.39 bits per heavy atom. The zero-order valence-corrected chi connectivity index (χ0v) is 8.60. The van der Waals surface area contributed by atoms with Crippen molar-refractivity contribution in [3.05, 3.63) is 35.2 Å². The van der Waals surface area contributed by atoms with Gasteiger partial charge in [-0.25, -0.2) is 9.31 Å². The fourth-order valence-corrected chi connectivity index (χ4v) is 1.50. The van der Waals surface area contributed by atoms with Crippen molar-refractivity contribution in [2.75, 3.05) is 0 Å². The van der Waals surface area contributed by atoms with Crippen molar-refractivity contribution in [1.29, 1.82) is 0 Å². The third-order valence-electron chi connectivity index (χ3n) is 2.29. The number of pyridine rings is 1. The Balaban J connectivity index is 2.82. The Hall–Kier alpha value is -2.38. The summed E-state index contributed by atoms with van der Waals surface area (Å²) in [6.07, 6.45) is -4.41. The molecule has 2 rings (SSSR count). The lowest BCUT2D eigenvalue weighted by Gasteiger charge is -2.01. The first-order valence-electron chi connectivity index (χ1n) is 4.63. The number of carbonyl (C=O) groups excluding carboxylic acids is 1. The lowest BCUT2D eigenvalue weighted by Crippen LogP contribution is -2.07. The van der Waals surface area contributed by atoms with E-state index in [1.165, 1.54) is 0 Å². The molecule has 0 fully saturated rings. The Morgan fingerprint density at radius 3 is 2.56 bits per heavy atom. The average Bonchev–Trinajstić information content (AvgIpc) is 2.71. The van der Waals surface area contributed by atoms with Crippen LogP contribution in [-0.2, 0) is 6.18 Å². The first kappa shape index (κ1) is 12.1. The highest BCUT2D eigenvalue weighted by Gasteiger charge is 2.35. The van der Waals surface area contributed by atoms with Crippen LogP contribution >= 0.6 is 0 Å². The smallest absolute Gasteiger partial charge is 0.435 e. The van der Waals surface area contributed by atoms with Gasteiger partial charge >= 0.3 is 12.1 Å². The van der Waals surface area contributed by atoms with Crippen molar-refractivity contribution < 1.29 is 27.9 Å². The summed E-state index contributed by atoms with van der Waals surface area (Å²) in [7, 11) is 0. The van der Waals surface area contributed by atoms with Crippen molar-refractivity contribution in [3.8, 4) is 0 Å². The topological polar surface area (TPSA) is 71.7 Å². The monoisotopic (exact) mass is 258 g/mol. The summed E-state index contributed by atoms with van der Waals surface area (Å²) in [6, 6.07) is 2.75. The van der Waals surface area contributed by atoms with Crippen LogP contribution in [0.2, 0.25) is 0 Å². The number of carboxylic acid groups (broad SMARTS) is 1. The average molecular weight is 258 g/mol. The molecular weight excluding hydrogens is 253 g/mol. The summed E-state index contributed by atoms with van der Waals surface area (Å²) in [5.41, 5.74) is -2.05. The van der Waals surface area contributed by atoms with Crippen molar-refractivity contribution in [1.82, 2.24) is 9.61 Å². The molecule has 2 aromatic heterocycles. The second-order valence-electron chi connectivity index (χ2n) is 3.42. The SMILES string of the molecule is O=Cc1ccc(C(=O)O)c2cc(C(F)(F)F)nn12. The molecule has 0 amide bonds. The van der Waals surface area contributed by atoms with Gasteiger partial charge in [-0.2, -0.15) is 18.3 Å². The van der Waals surface area contributed by atoms with Gasteiger partial charge in [0.2, 0.25) is 0 Å². The number of aromatic carboxylic acids is 1. The molecule has 0 unspecified atom stereocenters. The molecule has 2 heterocycles. The van der Waals surface area contributed by atoms with E-state index in [-0.39, 0.29) is 16.8 Å². The van der Waals surface area contributed by atoms with Crippen molar-refractivity contribution in [2.24, 2.45) is 0 Å². The van der Waals surface area contributed by atoms with Crippen LogP contribution in [0.15, 0.2) is 18.2 Å². The summed E-state index contributed by atoms with van der Waals surface area (Å²) < 4.78 is 38.1. The standard InChI is InChI=1S/C10H5F3N2O3/c11-10(12,13)8-3-7-6(9(17)18)2-1-5(4-16)15(7)14-8/h1-4H,(H,17,18). The molecule has 0 radical (unpaired) electrons. The van der Waals surface area contributed by atoms with Gasteiger partial charge in [0.25, 0.3) is 0 Å². The lowest BCUT2D eigenvalue weighted by atomic mass is 10.2. The van der Waals surface area contributed by atoms with Crippen LogP contribution < -0.4 is 0 Å². The van der Waals surface area contributed by atoms with Gasteiger partial charge in [0.1, 0.15) is 5.69 Å². The number of aldehydes is 1. The first-order chi connectivity index (χ1) is 8.34. The van der Waals surface area contributed by atoms with Crippen LogP contribution in [-0.4, -0.2) is 27.0 Å². The van der Waals surface area contributed by atoms with Gasteiger partial charge in [0, 0.05) is 0 Å². The van der Waals surface area contributed by atoms with Gasteiger partial charge in [0.15, 0.2) is 12.0 Å². The molecule has 8 heteroatoms. The molecule has 0 aromatic carbocycles. The molecule has 0 bridgehead atoms. The lowest BCUT2D eigenvalue weighted by molar-refractivity contribution is -0.141. The number of nitrogens with zero attached hydrogens (tertiary/aromatic N) is 2. The molecule has 18 heavy (non-hydrogen) atoms. The number of hydrogen-bond donors (Lipinski definition) is 1. The van der Waals surface area contributed by atoms with E-state index in [2.05, 4.69) is 5.10 Å². The number of fused-ring (bicyclic) bond motifs is 1. The third-order valence-corrected chi connectivity index (χ3v) is 2.29. The Bertz CT molecular complexity index is 646. The van der Waals surface area contributed by atoms with Crippen LogP contribution in [0.1, 0.15) is 26.5 Å². The van der Waals surface area contributed by atoms with E-state index >= 15 is 0 Å². The molecule has 5 nitrogen and oxygen atoms in total. The van der Waals surface area contributed by atoms with E-state index in [4.69, 9.17) is 5.11 Å². The van der Waals surface area contributed by atoms with E-state index in [9.17, 15) is 22.8 Å². The normalized spacial score (nSPS) is 11.7. The number of hydrogen-bond acceptors (Lipinski definition) is 3. The minimum absolute atomic E-state index is 0.162. The van der Waals surface area contributed by atoms with Gasteiger partial charge in [-0.15, -0.1) is 0 Å². The molecule has 1 N–H and O–H groups in total. The molecule has 0 aliphatic carbocycles. The van der Waals surface area contributed by atoms with Gasteiger partial charge in [0.05, 0.1) is 11.1 Å². The van der Waals surface area contributed by atoms with Gasteiger partial charge in [-0.05, 0) is 18.2 Å². The molecule has 94 valence electrons. The highest BCUT2D eigenvalue weighted by atomic mass is 19.4. The molecule has 0 saturated carbocycles. The second kappa shape index (κ2) is 3.83. The van der Waals surface area contributed by atoms with E-state index in [1.807, 2.05) is 0 Å². The zero-order valence-electron chi connectivity index (χ0n) is 8.60. The predicted octanol–water partition coefficient (Wildman–Crippen LogP) is 1.86. The molecule has 0 saturated heterocycles. The van der Waals surface area contributed by atoms with Crippen molar-refractivity contribution in [3.63, 3.8) is 0 Å². The van der Waals surface area contributed by atoms with Crippen molar-refractivity contribution in [2.45, 2.75) is 6.18 Å². The molecular formula is C10H5F3N2O3. The highest BCUT2D eigenvalue weighted by Crippen LogP contribution is 2.29. The minimum Gasteiger partial charge on any atom is -0.478 e. The maximum atomic E-state index is 12.5. The van der Waals surface area contributed by atoms with E-state index in [0.29, 0.717) is 16.9 Å².